The van der Waals surface area contributed by atoms with Gasteiger partial charge in [0.25, 0.3) is 0 Å². The summed E-state index contributed by atoms with van der Waals surface area (Å²) in [4.78, 5) is 8.33. The molecule has 0 aliphatic rings. The van der Waals surface area contributed by atoms with E-state index in [2.05, 4.69) is 9.97 Å². The Kier molecular flexibility index (Phi) is 2.77. The highest BCUT2D eigenvalue weighted by Gasteiger charge is 2.27. The molecule has 0 aliphatic carbocycles. The molecule has 1 rings (SSSR count). The fourth-order valence-electron chi connectivity index (χ4n) is 1.48. The van der Waals surface area contributed by atoms with Gasteiger partial charge in [0.05, 0.1) is 11.4 Å². The van der Waals surface area contributed by atoms with Crippen LogP contribution >= 0.6 is 0 Å². The van der Waals surface area contributed by atoms with Crippen LogP contribution in [-0.4, -0.2) is 15.1 Å². The van der Waals surface area contributed by atoms with E-state index in [-0.39, 0.29) is 16.6 Å². The van der Waals surface area contributed by atoms with E-state index in [1.807, 2.05) is 41.5 Å². The summed E-state index contributed by atoms with van der Waals surface area (Å²) in [5.74, 6) is 0.234. The van der Waals surface area contributed by atoms with E-state index in [0.29, 0.717) is 11.4 Å². The van der Waals surface area contributed by atoms with Gasteiger partial charge in [-0.2, -0.15) is 0 Å². The van der Waals surface area contributed by atoms with Crippen molar-refractivity contribution in [3.63, 3.8) is 0 Å². The van der Waals surface area contributed by atoms with Crippen molar-refractivity contribution in [2.75, 3.05) is 0 Å². The molecule has 1 heterocycles. The Labute approximate surface area is 91.6 Å². The standard InChI is InChI=1S/C12H20N2O/c1-11(2,3)9-8(15)10(12(4,5)6)14-7-13-9/h7,15H,1-6H3. The van der Waals surface area contributed by atoms with Crippen molar-refractivity contribution in [3.8, 4) is 5.75 Å². The molecule has 0 spiro atoms. The molecule has 3 heteroatoms. The number of nitrogens with zero attached hydrogens (tertiary/aromatic N) is 2. The van der Waals surface area contributed by atoms with Gasteiger partial charge in [0.15, 0.2) is 5.75 Å². The predicted molar refractivity (Wildman–Crippen MR) is 61.1 cm³/mol. The molecular weight excluding hydrogens is 188 g/mol. The molecule has 0 saturated carbocycles. The first kappa shape index (κ1) is 12.0. The van der Waals surface area contributed by atoms with Crippen molar-refractivity contribution in [2.45, 2.75) is 52.4 Å². The molecule has 1 aromatic rings. The molecule has 0 fully saturated rings. The van der Waals surface area contributed by atoms with Crippen LogP contribution in [0.25, 0.3) is 0 Å². The van der Waals surface area contributed by atoms with E-state index in [1.54, 1.807) is 0 Å². The first-order chi connectivity index (χ1) is 6.64. The van der Waals surface area contributed by atoms with E-state index in [0.717, 1.165) is 0 Å². The van der Waals surface area contributed by atoms with Crippen LogP contribution in [0.1, 0.15) is 52.9 Å². The molecule has 0 amide bonds. The van der Waals surface area contributed by atoms with Gasteiger partial charge in [-0.25, -0.2) is 9.97 Å². The van der Waals surface area contributed by atoms with Crippen molar-refractivity contribution in [1.29, 1.82) is 0 Å². The van der Waals surface area contributed by atoms with Crippen LogP contribution in [0.2, 0.25) is 0 Å². The van der Waals surface area contributed by atoms with Crippen molar-refractivity contribution in [2.24, 2.45) is 0 Å². The Bertz CT molecular complexity index is 327. The maximum atomic E-state index is 10.1. The minimum absolute atomic E-state index is 0.160. The highest BCUT2D eigenvalue weighted by molar-refractivity contribution is 5.38. The summed E-state index contributed by atoms with van der Waals surface area (Å²) in [5, 5.41) is 10.1. The lowest BCUT2D eigenvalue weighted by Gasteiger charge is -2.24. The number of hydrogen-bond acceptors (Lipinski definition) is 3. The molecule has 0 saturated heterocycles. The zero-order valence-electron chi connectivity index (χ0n) is 10.4. The minimum Gasteiger partial charge on any atom is -0.504 e. The summed E-state index contributed by atoms with van der Waals surface area (Å²) in [6, 6.07) is 0. The van der Waals surface area contributed by atoms with E-state index in [4.69, 9.17) is 0 Å². The summed E-state index contributed by atoms with van der Waals surface area (Å²) < 4.78 is 0. The third kappa shape index (κ3) is 2.46. The van der Waals surface area contributed by atoms with Crippen molar-refractivity contribution < 1.29 is 5.11 Å². The smallest absolute Gasteiger partial charge is 0.159 e. The average Bonchev–Trinajstić information content (AvgIpc) is 1.99. The van der Waals surface area contributed by atoms with Gasteiger partial charge in [-0.15, -0.1) is 0 Å². The van der Waals surface area contributed by atoms with Crippen molar-refractivity contribution in [1.82, 2.24) is 9.97 Å². The largest absolute Gasteiger partial charge is 0.504 e. The zero-order valence-corrected chi connectivity index (χ0v) is 10.4. The molecular formula is C12H20N2O. The van der Waals surface area contributed by atoms with Gasteiger partial charge in [-0.3, -0.25) is 0 Å². The normalized spacial score (nSPS) is 12.9. The van der Waals surface area contributed by atoms with Crippen LogP contribution in [0.4, 0.5) is 0 Å². The molecule has 0 atom stereocenters. The number of aromatic hydroxyl groups is 1. The van der Waals surface area contributed by atoms with Crippen LogP contribution < -0.4 is 0 Å². The van der Waals surface area contributed by atoms with Gasteiger partial charge in [0, 0.05) is 10.8 Å². The molecule has 0 aliphatic heterocycles. The Hall–Kier alpha value is -1.12. The maximum absolute atomic E-state index is 10.1. The first-order valence-electron chi connectivity index (χ1n) is 5.19. The van der Waals surface area contributed by atoms with Crippen LogP contribution in [-0.2, 0) is 10.8 Å². The summed E-state index contributed by atoms with van der Waals surface area (Å²) in [5.41, 5.74) is 1.10. The fraction of sp³-hybridized carbons (Fsp3) is 0.667. The Balaban J connectivity index is 3.37. The molecule has 1 N–H and O–H groups in total. The summed E-state index contributed by atoms with van der Waals surface area (Å²) in [6.07, 6.45) is 1.53. The van der Waals surface area contributed by atoms with Crippen molar-refractivity contribution >= 4 is 0 Å². The molecule has 15 heavy (non-hydrogen) atoms. The molecule has 0 aromatic carbocycles. The number of hydrogen-bond donors (Lipinski definition) is 1. The first-order valence-corrected chi connectivity index (χ1v) is 5.19. The van der Waals surface area contributed by atoms with Gasteiger partial charge in [-0.05, 0) is 0 Å². The summed E-state index contributed by atoms with van der Waals surface area (Å²) in [7, 11) is 0. The van der Waals surface area contributed by atoms with E-state index >= 15 is 0 Å². The van der Waals surface area contributed by atoms with E-state index in [9.17, 15) is 5.11 Å². The van der Waals surface area contributed by atoms with Gasteiger partial charge in [-0.1, -0.05) is 41.5 Å². The third-order valence-electron chi connectivity index (χ3n) is 2.24. The van der Waals surface area contributed by atoms with E-state index in [1.165, 1.54) is 6.33 Å². The summed E-state index contributed by atoms with van der Waals surface area (Å²) >= 11 is 0. The monoisotopic (exact) mass is 208 g/mol. The van der Waals surface area contributed by atoms with E-state index < -0.39 is 0 Å². The second kappa shape index (κ2) is 3.47. The second-order valence-corrected chi connectivity index (χ2v) is 5.92. The fourth-order valence-corrected chi connectivity index (χ4v) is 1.48. The Morgan fingerprint density at radius 2 is 1.20 bits per heavy atom. The lowest BCUT2D eigenvalue weighted by Crippen LogP contribution is -2.20. The van der Waals surface area contributed by atoms with Crippen LogP contribution in [0.3, 0.4) is 0 Å². The highest BCUT2D eigenvalue weighted by Crippen LogP contribution is 2.35. The molecule has 0 bridgehead atoms. The SMILES string of the molecule is CC(C)(C)c1ncnc(C(C)(C)C)c1O. The van der Waals surface area contributed by atoms with Crippen LogP contribution in [0.15, 0.2) is 6.33 Å². The lowest BCUT2D eigenvalue weighted by atomic mass is 9.85. The number of rotatable bonds is 0. The highest BCUT2D eigenvalue weighted by atomic mass is 16.3. The molecule has 3 nitrogen and oxygen atoms in total. The molecule has 1 aromatic heterocycles. The Morgan fingerprint density at radius 3 is 1.47 bits per heavy atom. The Morgan fingerprint density at radius 1 is 0.867 bits per heavy atom. The topological polar surface area (TPSA) is 46.0 Å². The lowest BCUT2D eigenvalue weighted by molar-refractivity contribution is 0.406. The minimum atomic E-state index is -0.160. The van der Waals surface area contributed by atoms with Gasteiger partial charge < -0.3 is 5.11 Å². The van der Waals surface area contributed by atoms with Gasteiger partial charge in [0.2, 0.25) is 0 Å². The van der Waals surface area contributed by atoms with Crippen LogP contribution in [0.5, 0.6) is 5.75 Å². The maximum Gasteiger partial charge on any atom is 0.159 e. The summed E-state index contributed by atoms with van der Waals surface area (Å²) in [6.45, 7) is 12.2. The predicted octanol–water partition coefficient (Wildman–Crippen LogP) is 2.78. The number of aromatic nitrogens is 2. The van der Waals surface area contributed by atoms with Crippen LogP contribution in [0, 0.1) is 0 Å². The second-order valence-electron chi connectivity index (χ2n) is 5.92. The zero-order chi connectivity index (χ0) is 11.9. The molecule has 0 radical (unpaired) electrons. The van der Waals surface area contributed by atoms with Gasteiger partial charge >= 0.3 is 0 Å². The quantitative estimate of drug-likeness (QED) is 0.713. The van der Waals surface area contributed by atoms with Crippen molar-refractivity contribution in [3.05, 3.63) is 17.7 Å². The third-order valence-corrected chi connectivity index (χ3v) is 2.24. The molecule has 84 valence electrons. The molecule has 0 unspecified atom stereocenters. The average molecular weight is 208 g/mol. The van der Waals surface area contributed by atoms with Gasteiger partial charge in [0.1, 0.15) is 6.33 Å².